The van der Waals surface area contributed by atoms with Crippen molar-refractivity contribution in [2.24, 2.45) is 28.2 Å². The van der Waals surface area contributed by atoms with Crippen LogP contribution in [0.15, 0.2) is 16.3 Å². The minimum atomic E-state index is -0.721. The Morgan fingerprint density at radius 3 is 2.30 bits per heavy atom. The molecule has 1 saturated heterocycles. The van der Waals surface area contributed by atoms with Gasteiger partial charge in [0.05, 0.1) is 12.5 Å². The Kier molecular flexibility index (Phi) is 6.77. The van der Waals surface area contributed by atoms with E-state index in [9.17, 15) is 4.79 Å². The fourth-order valence-corrected chi connectivity index (χ4v) is 4.15. The van der Waals surface area contributed by atoms with Gasteiger partial charge in [-0.25, -0.2) is 0 Å². The third-order valence-corrected chi connectivity index (χ3v) is 5.98. The normalized spacial score (nSPS) is 23.0. The molecule has 2 aliphatic rings. The van der Waals surface area contributed by atoms with Gasteiger partial charge in [-0.1, -0.05) is 55.4 Å². The monoisotopic (exact) mass is 377 g/mol. The Balaban J connectivity index is 2.47. The van der Waals surface area contributed by atoms with E-state index in [1.165, 1.54) is 17.1 Å². The summed E-state index contributed by atoms with van der Waals surface area (Å²) in [6.45, 7) is 21.4. The quantitative estimate of drug-likeness (QED) is 0.757. The number of hydrogen-bond acceptors (Lipinski definition) is 4. The first kappa shape index (κ1) is 21.9. The van der Waals surface area contributed by atoms with Crippen LogP contribution in [-0.4, -0.2) is 58.9 Å². The standard InChI is InChI=1S/C22H39N3O2/c1-14(2)16(5)21-23-20(15(3)4)19(22(6,7)8)17-13-24(10-9-18(26)27)11-12-25(17)21/h14-16,20H,9-13H2,1-8H3,(H,26,27)/t16?,20-/m0/s1. The first-order valence-corrected chi connectivity index (χ1v) is 10.5. The zero-order valence-electron chi connectivity index (χ0n) is 18.5. The van der Waals surface area contributed by atoms with Crippen molar-refractivity contribution in [3.8, 4) is 0 Å². The maximum atomic E-state index is 11.0. The number of hydrogen-bond donors (Lipinski definition) is 1. The molecule has 0 aromatic heterocycles. The predicted molar refractivity (Wildman–Crippen MR) is 112 cm³/mol. The number of nitrogens with zero attached hydrogens (tertiary/aromatic N) is 3. The number of rotatable bonds is 6. The molecule has 0 spiro atoms. The average molecular weight is 378 g/mol. The van der Waals surface area contributed by atoms with E-state index in [-0.39, 0.29) is 17.9 Å². The maximum absolute atomic E-state index is 11.0. The first-order chi connectivity index (χ1) is 12.4. The van der Waals surface area contributed by atoms with Gasteiger partial charge >= 0.3 is 5.97 Å². The van der Waals surface area contributed by atoms with Gasteiger partial charge in [0, 0.05) is 37.8 Å². The number of carboxylic acid groups (broad SMARTS) is 1. The fourth-order valence-electron chi connectivity index (χ4n) is 4.15. The molecule has 0 saturated carbocycles. The van der Waals surface area contributed by atoms with Gasteiger partial charge in [-0.2, -0.15) is 0 Å². The molecule has 1 N–H and O–H groups in total. The van der Waals surface area contributed by atoms with Gasteiger partial charge in [0.2, 0.25) is 0 Å². The van der Waals surface area contributed by atoms with E-state index >= 15 is 0 Å². The lowest BCUT2D eigenvalue weighted by Crippen LogP contribution is -2.54. The van der Waals surface area contributed by atoms with Gasteiger partial charge in [-0.05, 0) is 22.8 Å². The summed E-state index contributed by atoms with van der Waals surface area (Å²) in [5.74, 6) is 1.90. The number of piperazine rings is 1. The van der Waals surface area contributed by atoms with Crippen molar-refractivity contribution in [2.75, 3.05) is 26.2 Å². The third-order valence-electron chi connectivity index (χ3n) is 5.98. The molecule has 1 unspecified atom stereocenters. The summed E-state index contributed by atoms with van der Waals surface area (Å²) < 4.78 is 0. The van der Waals surface area contributed by atoms with Crippen molar-refractivity contribution >= 4 is 11.8 Å². The molecule has 27 heavy (non-hydrogen) atoms. The van der Waals surface area contributed by atoms with Gasteiger partial charge in [-0.3, -0.25) is 14.7 Å². The summed E-state index contributed by atoms with van der Waals surface area (Å²) in [4.78, 5) is 21.1. The number of fused-ring (bicyclic) bond motifs is 1. The molecule has 0 amide bonds. The minimum absolute atomic E-state index is 0.0361. The summed E-state index contributed by atoms with van der Waals surface area (Å²) >= 11 is 0. The van der Waals surface area contributed by atoms with Crippen LogP contribution in [0.1, 0.15) is 61.8 Å². The van der Waals surface area contributed by atoms with Crippen LogP contribution in [0.25, 0.3) is 0 Å². The van der Waals surface area contributed by atoms with Crippen molar-refractivity contribution < 1.29 is 9.90 Å². The zero-order valence-corrected chi connectivity index (χ0v) is 18.5. The van der Waals surface area contributed by atoms with E-state index in [2.05, 4.69) is 65.2 Å². The third kappa shape index (κ3) is 4.92. The van der Waals surface area contributed by atoms with Crippen molar-refractivity contribution in [1.82, 2.24) is 9.80 Å². The molecule has 154 valence electrons. The zero-order chi connectivity index (χ0) is 20.5. The maximum Gasteiger partial charge on any atom is 0.304 e. The molecular weight excluding hydrogens is 338 g/mol. The summed E-state index contributed by atoms with van der Waals surface area (Å²) in [7, 11) is 0. The lowest BCUT2D eigenvalue weighted by molar-refractivity contribution is -0.137. The van der Waals surface area contributed by atoms with Crippen LogP contribution < -0.4 is 0 Å². The van der Waals surface area contributed by atoms with E-state index in [0.29, 0.717) is 24.3 Å². The molecule has 5 heteroatoms. The van der Waals surface area contributed by atoms with E-state index in [0.717, 1.165) is 19.6 Å². The molecule has 2 aliphatic heterocycles. The molecule has 0 aromatic carbocycles. The lowest BCUT2D eigenvalue weighted by Gasteiger charge is -2.48. The van der Waals surface area contributed by atoms with Crippen molar-refractivity contribution in [2.45, 2.75) is 67.9 Å². The highest BCUT2D eigenvalue weighted by Gasteiger charge is 2.40. The summed E-state index contributed by atoms with van der Waals surface area (Å²) in [6.07, 6.45) is 0.203. The van der Waals surface area contributed by atoms with E-state index < -0.39 is 5.97 Å². The summed E-state index contributed by atoms with van der Waals surface area (Å²) in [5, 5.41) is 9.08. The number of aliphatic imine (C=N–C) groups is 1. The van der Waals surface area contributed by atoms with Crippen LogP contribution in [0.2, 0.25) is 0 Å². The van der Waals surface area contributed by atoms with E-state index in [1.54, 1.807) is 0 Å². The molecule has 2 rings (SSSR count). The molecule has 2 atom stereocenters. The molecule has 0 aromatic rings. The van der Waals surface area contributed by atoms with Gasteiger partial charge in [-0.15, -0.1) is 0 Å². The smallest absolute Gasteiger partial charge is 0.304 e. The Morgan fingerprint density at radius 1 is 1.19 bits per heavy atom. The van der Waals surface area contributed by atoms with Gasteiger partial charge in [0.15, 0.2) is 0 Å². The second-order valence-corrected chi connectivity index (χ2v) is 9.89. The number of aliphatic carboxylic acids is 1. The Hall–Kier alpha value is -1.36. The SMILES string of the molecule is CC(C)C(C)C1=N[C@@H](C(C)C)C(C(C)(C)C)=C2CN(CCC(=O)O)CCN12. The Labute approximate surface area is 165 Å². The summed E-state index contributed by atoms with van der Waals surface area (Å²) in [6, 6.07) is 0.201. The fraction of sp³-hybridized carbons (Fsp3) is 0.818. The van der Waals surface area contributed by atoms with Gasteiger partial charge in [0.1, 0.15) is 5.84 Å². The molecule has 2 heterocycles. The van der Waals surface area contributed by atoms with Crippen LogP contribution in [0, 0.1) is 23.2 Å². The highest BCUT2D eigenvalue weighted by Crippen LogP contribution is 2.41. The van der Waals surface area contributed by atoms with Crippen molar-refractivity contribution in [3.63, 3.8) is 0 Å². The van der Waals surface area contributed by atoms with Crippen LogP contribution in [0.4, 0.5) is 0 Å². The topological polar surface area (TPSA) is 56.1 Å². The van der Waals surface area contributed by atoms with Crippen LogP contribution in [-0.2, 0) is 4.79 Å². The van der Waals surface area contributed by atoms with Gasteiger partial charge < -0.3 is 10.0 Å². The summed E-state index contributed by atoms with van der Waals surface area (Å²) in [5.41, 5.74) is 2.83. The van der Waals surface area contributed by atoms with E-state index in [4.69, 9.17) is 10.1 Å². The number of amidine groups is 1. The van der Waals surface area contributed by atoms with Crippen LogP contribution in [0.3, 0.4) is 0 Å². The number of carbonyl (C=O) groups is 1. The largest absolute Gasteiger partial charge is 0.481 e. The molecule has 0 aliphatic carbocycles. The molecule has 5 nitrogen and oxygen atoms in total. The molecule has 0 radical (unpaired) electrons. The lowest BCUT2D eigenvalue weighted by atomic mass is 9.75. The molecular formula is C22H39N3O2. The Morgan fingerprint density at radius 2 is 1.81 bits per heavy atom. The van der Waals surface area contributed by atoms with Crippen molar-refractivity contribution in [1.29, 1.82) is 0 Å². The second-order valence-electron chi connectivity index (χ2n) is 9.89. The number of carboxylic acids is 1. The Bertz CT molecular complexity index is 614. The highest BCUT2D eigenvalue weighted by molar-refractivity contribution is 5.88. The first-order valence-electron chi connectivity index (χ1n) is 10.5. The average Bonchev–Trinajstić information content (AvgIpc) is 2.56. The second kappa shape index (κ2) is 8.34. The molecule has 1 fully saturated rings. The van der Waals surface area contributed by atoms with Gasteiger partial charge in [0.25, 0.3) is 0 Å². The van der Waals surface area contributed by atoms with Crippen molar-refractivity contribution in [3.05, 3.63) is 11.3 Å². The predicted octanol–water partition coefficient (Wildman–Crippen LogP) is 4.11. The van der Waals surface area contributed by atoms with Crippen LogP contribution >= 0.6 is 0 Å². The highest BCUT2D eigenvalue weighted by atomic mass is 16.4. The van der Waals surface area contributed by atoms with E-state index in [1.807, 2.05) is 0 Å². The molecule has 0 bridgehead atoms. The van der Waals surface area contributed by atoms with Crippen LogP contribution in [0.5, 0.6) is 0 Å². The minimum Gasteiger partial charge on any atom is -0.481 e.